The summed E-state index contributed by atoms with van der Waals surface area (Å²) in [6.45, 7) is 1.37. The predicted molar refractivity (Wildman–Crippen MR) is 103 cm³/mol. The first-order valence-corrected chi connectivity index (χ1v) is 8.76. The molecule has 0 aliphatic carbocycles. The van der Waals surface area contributed by atoms with Crippen molar-refractivity contribution in [1.82, 2.24) is 24.8 Å². The fraction of sp³-hybridized carbons (Fsp3) is 0.278. The number of imidazole rings is 1. The molecule has 0 unspecified atom stereocenters. The zero-order chi connectivity index (χ0) is 18.0. The molecule has 0 aliphatic heterocycles. The van der Waals surface area contributed by atoms with Crippen molar-refractivity contribution in [3.8, 4) is 11.5 Å². The molecular weight excluding hydrogens is 382 g/mol. The van der Waals surface area contributed by atoms with Gasteiger partial charge < -0.3 is 14.8 Å². The fourth-order valence-electron chi connectivity index (χ4n) is 2.60. The van der Waals surface area contributed by atoms with Crippen LogP contribution in [0.1, 0.15) is 10.4 Å². The Hall–Kier alpha value is -2.25. The largest absolute Gasteiger partial charge is 0.351 e. The van der Waals surface area contributed by atoms with E-state index in [1.807, 2.05) is 61.1 Å². The van der Waals surface area contributed by atoms with Crippen molar-refractivity contribution in [1.29, 1.82) is 0 Å². The van der Waals surface area contributed by atoms with Gasteiger partial charge in [-0.05, 0) is 38.4 Å². The third-order valence-corrected chi connectivity index (χ3v) is 4.40. The Morgan fingerprint density at radius 3 is 2.80 bits per heavy atom. The van der Waals surface area contributed by atoms with Gasteiger partial charge in [-0.3, -0.25) is 4.79 Å². The molecule has 3 aromatic rings. The molecule has 0 fully saturated rings. The Bertz CT molecular complexity index is 919. The summed E-state index contributed by atoms with van der Waals surface area (Å²) in [6.07, 6.45) is 3.58. The summed E-state index contributed by atoms with van der Waals surface area (Å²) in [5, 5.41) is 3.79. The summed E-state index contributed by atoms with van der Waals surface area (Å²) >= 11 is 3.47. The van der Waals surface area contributed by atoms with Crippen LogP contribution in [-0.4, -0.2) is 52.5 Å². The van der Waals surface area contributed by atoms with Crippen LogP contribution < -0.4 is 5.32 Å². The van der Waals surface area contributed by atoms with Crippen molar-refractivity contribution in [3.05, 3.63) is 46.7 Å². The van der Waals surface area contributed by atoms with Crippen LogP contribution in [0.15, 0.2) is 41.1 Å². The van der Waals surface area contributed by atoms with Gasteiger partial charge in [-0.15, -0.1) is 0 Å². The number of carbonyl (C=O) groups is 1. The molecule has 3 rings (SSSR count). The summed E-state index contributed by atoms with van der Waals surface area (Å²) in [4.78, 5) is 23.8. The quantitative estimate of drug-likeness (QED) is 0.713. The van der Waals surface area contributed by atoms with Gasteiger partial charge in [-0.25, -0.2) is 9.97 Å². The van der Waals surface area contributed by atoms with Gasteiger partial charge in [0.25, 0.3) is 5.91 Å². The molecule has 2 aromatic heterocycles. The van der Waals surface area contributed by atoms with E-state index in [0.29, 0.717) is 17.8 Å². The lowest BCUT2D eigenvalue weighted by atomic mass is 10.1. The first-order chi connectivity index (χ1) is 12.0. The van der Waals surface area contributed by atoms with Crippen LogP contribution >= 0.6 is 15.9 Å². The number of likely N-dealkylation sites (N-methyl/N-ethyl adjacent to an activating group) is 1. The number of hydrogen-bond donors (Lipinski definition) is 1. The molecule has 0 aliphatic rings. The van der Waals surface area contributed by atoms with E-state index < -0.39 is 0 Å². The number of pyridine rings is 1. The normalized spacial score (nSPS) is 11.2. The molecule has 130 valence electrons. The lowest BCUT2D eigenvalue weighted by Gasteiger charge is -2.13. The first-order valence-electron chi connectivity index (χ1n) is 7.96. The summed E-state index contributed by atoms with van der Waals surface area (Å²) in [7, 11) is 5.86. The van der Waals surface area contributed by atoms with Gasteiger partial charge in [-0.1, -0.05) is 15.9 Å². The van der Waals surface area contributed by atoms with Crippen molar-refractivity contribution >= 4 is 32.7 Å². The van der Waals surface area contributed by atoms with Crippen molar-refractivity contribution in [2.75, 3.05) is 27.2 Å². The van der Waals surface area contributed by atoms with E-state index in [-0.39, 0.29) is 5.91 Å². The number of aromatic nitrogens is 3. The van der Waals surface area contributed by atoms with E-state index in [9.17, 15) is 4.79 Å². The summed E-state index contributed by atoms with van der Waals surface area (Å²) in [5.41, 5.74) is 2.05. The summed E-state index contributed by atoms with van der Waals surface area (Å²) < 4.78 is 2.80. The lowest BCUT2D eigenvalue weighted by Crippen LogP contribution is -2.31. The minimum absolute atomic E-state index is 0.109. The maximum absolute atomic E-state index is 12.8. The van der Waals surface area contributed by atoms with Crippen molar-refractivity contribution in [2.45, 2.75) is 0 Å². The van der Waals surface area contributed by atoms with Crippen LogP contribution in [0.25, 0.3) is 22.4 Å². The molecule has 1 aromatic carbocycles. The number of aryl methyl sites for hydroxylation is 1. The summed E-state index contributed by atoms with van der Waals surface area (Å²) in [5.74, 6) is 0.620. The highest BCUT2D eigenvalue weighted by Gasteiger charge is 2.16. The molecule has 0 bridgehead atoms. The Morgan fingerprint density at radius 2 is 2.12 bits per heavy atom. The second-order valence-electron chi connectivity index (χ2n) is 6.14. The number of benzene rings is 1. The monoisotopic (exact) mass is 401 g/mol. The highest BCUT2D eigenvalue weighted by molar-refractivity contribution is 9.10. The van der Waals surface area contributed by atoms with E-state index in [1.165, 1.54) is 0 Å². The molecule has 25 heavy (non-hydrogen) atoms. The van der Waals surface area contributed by atoms with Crippen LogP contribution in [0, 0.1) is 0 Å². The number of hydrogen-bond acceptors (Lipinski definition) is 4. The van der Waals surface area contributed by atoms with Gasteiger partial charge in [0.1, 0.15) is 5.69 Å². The van der Waals surface area contributed by atoms with E-state index in [4.69, 9.17) is 0 Å². The van der Waals surface area contributed by atoms with Crippen molar-refractivity contribution < 1.29 is 4.79 Å². The third-order valence-electron chi connectivity index (χ3n) is 3.91. The number of nitrogens with zero attached hydrogens (tertiary/aromatic N) is 4. The molecule has 1 N–H and O–H groups in total. The van der Waals surface area contributed by atoms with Crippen LogP contribution in [0.3, 0.4) is 0 Å². The topological polar surface area (TPSA) is 63.1 Å². The van der Waals surface area contributed by atoms with E-state index in [0.717, 1.165) is 27.7 Å². The highest BCUT2D eigenvalue weighted by Crippen LogP contribution is 2.26. The second-order valence-corrected chi connectivity index (χ2v) is 7.05. The Kier molecular flexibility index (Phi) is 5.15. The van der Waals surface area contributed by atoms with Gasteiger partial charge in [0, 0.05) is 42.4 Å². The third kappa shape index (κ3) is 3.88. The molecule has 6 nitrogen and oxygen atoms in total. The standard InChI is InChI=1S/C18H20BrN5O/c1-23(2)8-6-21-18(25)14-11-16(17-20-7-9-24(17)3)22-15-5-4-12(19)10-13(14)15/h4-5,7,9-11H,6,8H2,1-3H3,(H,21,25). The van der Waals surface area contributed by atoms with E-state index in [1.54, 1.807) is 6.20 Å². The van der Waals surface area contributed by atoms with Gasteiger partial charge in [0.15, 0.2) is 5.82 Å². The maximum Gasteiger partial charge on any atom is 0.252 e. The van der Waals surface area contributed by atoms with Gasteiger partial charge in [0.2, 0.25) is 0 Å². The summed E-state index contributed by atoms with van der Waals surface area (Å²) in [6, 6.07) is 7.56. The molecule has 0 radical (unpaired) electrons. The molecule has 0 saturated carbocycles. The zero-order valence-electron chi connectivity index (χ0n) is 14.5. The Balaban J connectivity index is 2.06. The molecule has 0 saturated heterocycles. The minimum Gasteiger partial charge on any atom is -0.351 e. The lowest BCUT2D eigenvalue weighted by molar-refractivity contribution is 0.0952. The average molecular weight is 402 g/mol. The van der Waals surface area contributed by atoms with Gasteiger partial charge in [0.05, 0.1) is 11.1 Å². The Morgan fingerprint density at radius 1 is 1.32 bits per heavy atom. The molecule has 7 heteroatoms. The van der Waals surface area contributed by atoms with E-state index in [2.05, 4.69) is 31.2 Å². The average Bonchev–Trinajstić information content (AvgIpc) is 2.99. The highest BCUT2D eigenvalue weighted by atomic mass is 79.9. The number of amides is 1. The first kappa shape index (κ1) is 17.6. The van der Waals surface area contributed by atoms with Gasteiger partial charge >= 0.3 is 0 Å². The number of rotatable bonds is 5. The number of halogens is 1. The van der Waals surface area contributed by atoms with Crippen LogP contribution in [-0.2, 0) is 7.05 Å². The van der Waals surface area contributed by atoms with Gasteiger partial charge in [-0.2, -0.15) is 0 Å². The van der Waals surface area contributed by atoms with Crippen LogP contribution in [0.5, 0.6) is 0 Å². The second kappa shape index (κ2) is 7.33. The number of carbonyl (C=O) groups excluding carboxylic acids is 1. The van der Waals surface area contributed by atoms with Crippen molar-refractivity contribution in [3.63, 3.8) is 0 Å². The zero-order valence-corrected chi connectivity index (χ0v) is 16.0. The smallest absolute Gasteiger partial charge is 0.252 e. The van der Waals surface area contributed by atoms with Crippen molar-refractivity contribution in [2.24, 2.45) is 7.05 Å². The fourth-order valence-corrected chi connectivity index (χ4v) is 2.96. The minimum atomic E-state index is -0.109. The molecule has 2 heterocycles. The number of nitrogens with one attached hydrogen (secondary N) is 1. The maximum atomic E-state index is 12.8. The molecule has 0 atom stereocenters. The SMILES string of the molecule is CN(C)CCNC(=O)c1cc(-c2nccn2C)nc2ccc(Br)cc12. The predicted octanol–water partition coefficient (Wildman–Crippen LogP) is 2.69. The molecule has 0 spiro atoms. The molecule has 1 amide bonds. The van der Waals surface area contributed by atoms with Crippen LogP contribution in [0.2, 0.25) is 0 Å². The Labute approximate surface area is 155 Å². The number of fused-ring (bicyclic) bond motifs is 1. The van der Waals surface area contributed by atoms with Crippen LogP contribution in [0.4, 0.5) is 0 Å². The van der Waals surface area contributed by atoms with E-state index >= 15 is 0 Å². The molecular formula is C18H20BrN5O.